The molecule has 0 atom stereocenters. The van der Waals surface area contributed by atoms with Gasteiger partial charge in [-0.05, 0) is 17.7 Å². The summed E-state index contributed by atoms with van der Waals surface area (Å²) in [5.41, 5.74) is 0.888. The van der Waals surface area contributed by atoms with Crippen molar-refractivity contribution in [2.24, 2.45) is 0 Å². The van der Waals surface area contributed by atoms with E-state index in [0.717, 1.165) is 5.56 Å². The molecule has 1 nitrogen and oxygen atoms in total. The van der Waals surface area contributed by atoms with Crippen LogP contribution in [0, 0.1) is 0 Å². The van der Waals surface area contributed by atoms with E-state index < -0.39 is 0 Å². The van der Waals surface area contributed by atoms with Crippen LogP contribution in [0.4, 0.5) is 0 Å². The number of aliphatic hydroxyl groups excluding tert-OH is 1. The van der Waals surface area contributed by atoms with Gasteiger partial charge in [0.1, 0.15) is 0 Å². The Morgan fingerprint density at radius 3 is 2.00 bits per heavy atom. The van der Waals surface area contributed by atoms with Gasteiger partial charge in [0.05, 0.1) is 6.61 Å². The molecule has 0 fully saturated rings. The second-order valence-electron chi connectivity index (χ2n) is 1.78. The van der Waals surface area contributed by atoms with Crippen LogP contribution < -0.4 is 0 Å². The van der Waals surface area contributed by atoms with Gasteiger partial charge in [-0.2, -0.15) is 0 Å². The summed E-state index contributed by atoms with van der Waals surface area (Å²) in [4.78, 5) is 0. The Morgan fingerprint density at radius 1 is 1.18 bits per heavy atom. The molecule has 2 heteroatoms. The zero-order chi connectivity index (χ0) is 8.69. The highest BCUT2D eigenvalue weighted by molar-refractivity contribution is 6.30. The Balaban J connectivity index is 0.000000461. The fourth-order valence-corrected chi connectivity index (χ4v) is 0.716. The Kier molecular flexibility index (Phi) is 5.53. The minimum atomic E-state index is 0.0805. The van der Waals surface area contributed by atoms with Crippen LogP contribution in [0.15, 0.2) is 37.4 Å². The first kappa shape index (κ1) is 10.2. The van der Waals surface area contributed by atoms with Crippen LogP contribution in [-0.2, 0) is 6.61 Å². The second kappa shape index (κ2) is 5.96. The molecule has 1 aromatic rings. The molecule has 0 heterocycles. The zero-order valence-electron chi connectivity index (χ0n) is 6.26. The smallest absolute Gasteiger partial charge is 0.0681 e. The van der Waals surface area contributed by atoms with Crippen molar-refractivity contribution in [3.05, 3.63) is 48.0 Å². The lowest BCUT2D eigenvalue weighted by Gasteiger charge is -1.92. The van der Waals surface area contributed by atoms with Gasteiger partial charge in [-0.3, -0.25) is 0 Å². The molecule has 0 saturated carbocycles. The SMILES string of the molecule is C=C.OCc1ccc(Cl)cc1. The highest BCUT2D eigenvalue weighted by Gasteiger charge is 1.87. The first-order chi connectivity index (χ1) is 5.33. The van der Waals surface area contributed by atoms with Gasteiger partial charge in [0.15, 0.2) is 0 Å². The Morgan fingerprint density at radius 2 is 1.64 bits per heavy atom. The average Bonchev–Trinajstić information content (AvgIpc) is 2.10. The molecule has 0 aliphatic carbocycles. The highest BCUT2D eigenvalue weighted by atomic mass is 35.5. The lowest BCUT2D eigenvalue weighted by Crippen LogP contribution is -1.79. The standard InChI is InChI=1S/C7H7ClO.C2H4/c8-7-3-1-6(5-9)2-4-7;1-2/h1-4,9H,5H2;1-2H2. The maximum Gasteiger partial charge on any atom is 0.0681 e. The van der Waals surface area contributed by atoms with Gasteiger partial charge in [0.2, 0.25) is 0 Å². The number of aliphatic hydroxyl groups is 1. The van der Waals surface area contributed by atoms with E-state index in [0.29, 0.717) is 5.02 Å². The van der Waals surface area contributed by atoms with Gasteiger partial charge >= 0.3 is 0 Å². The summed E-state index contributed by atoms with van der Waals surface area (Å²) >= 11 is 5.59. The lowest BCUT2D eigenvalue weighted by molar-refractivity contribution is 0.282. The predicted octanol–water partition coefficient (Wildman–Crippen LogP) is 2.63. The molecule has 1 aromatic carbocycles. The van der Waals surface area contributed by atoms with E-state index in [4.69, 9.17) is 16.7 Å². The van der Waals surface area contributed by atoms with Gasteiger partial charge < -0.3 is 5.11 Å². The summed E-state index contributed by atoms with van der Waals surface area (Å²) in [6, 6.07) is 7.10. The van der Waals surface area contributed by atoms with E-state index in [1.165, 1.54) is 0 Å². The third-order valence-electron chi connectivity index (χ3n) is 1.10. The van der Waals surface area contributed by atoms with E-state index in [1.54, 1.807) is 24.3 Å². The zero-order valence-corrected chi connectivity index (χ0v) is 7.01. The molecule has 11 heavy (non-hydrogen) atoms. The minimum absolute atomic E-state index is 0.0805. The van der Waals surface area contributed by atoms with Gasteiger partial charge in [0, 0.05) is 5.02 Å². The minimum Gasteiger partial charge on any atom is -0.392 e. The van der Waals surface area contributed by atoms with Crippen LogP contribution in [-0.4, -0.2) is 5.11 Å². The van der Waals surface area contributed by atoms with Crippen LogP contribution in [0.3, 0.4) is 0 Å². The molecule has 0 aliphatic rings. The molecule has 1 N–H and O–H groups in total. The molecular formula is C9H11ClO. The highest BCUT2D eigenvalue weighted by Crippen LogP contribution is 2.08. The summed E-state index contributed by atoms with van der Waals surface area (Å²) in [7, 11) is 0. The monoisotopic (exact) mass is 170 g/mol. The summed E-state index contributed by atoms with van der Waals surface area (Å²) in [5.74, 6) is 0. The maximum atomic E-state index is 8.59. The topological polar surface area (TPSA) is 20.2 Å². The molecule has 0 spiro atoms. The first-order valence-electron chi connectivity index (χ1n) is 3.18. The molecular weight excluding hydrogens is 160 g/mol. The van der Waals surface area contributed by atoms with Crippen LogP contribution in [0.25, 0.3) is 0 Å². The molecule has 0 bridgehead atoms. The Labute approximate surface area is 71.9 Å². The summed E-state index contributed by atoms with van der Waals surface area (Å²) < 4.78 is 0. The van der Waals surface area contributed by atoms with Gasteiger partial charge in [-0.15, -0.1) is 13.2 Å². The Hall–Kier alpha value is -0.790. The van der Waals surface area contributed by atoms with Crippen molar-refractivity contribution < 1.29 is 5.11 Å². The van der Waals surface area contributed by atoms with E-state index >= 15 is 0 Å². The third kappa shape index (κ3) is 3.81. The number of halogens is 1. The molecule has 0 aliphatic heterocycles. The normalized spacial score (nSPS) is 8.18. The first-order valence-corrected chi connectivity index (χ1v) is 3.56. The largest absolute Gasteiger partial charge is 0.392 e. The van der Waals surface area contributed by atoms with Crippen molar-refractivity contribution in [2.75, 3.05) is 0 Å². The molecule has 0 radical (unpaired) electrons. The van der Waals surface area contributed by atoms with Crippen molar-refractivity contribution in [3.63, 3.8) is 0 Å². The van der Waals surface area contributed by atoms with Crippen molar-refractivity contribution in [1.82, 2.24) is 0 Å². The van der Waals surface area contributed by atoms with Crippen molar-refractivity contribution in [2.45, 2.75) is 6.61 Å². The average molecular weight is 171 g/mol. The van der Waals surface area contributed by atoms with Crippen LogP contribution in [0.5, 0.6) is 0 Å². The second-order valence-corrected chi connectivity index (χ2v) is 2.22. The Bertz CT molecular complexity index is 193. The maximum absolute atomic E-state index is 8.59. The number of hydrogen-bond acceptors (Lipinski definition) is 1. The fourth-order valence-electron chi connectivity index (χ4n) is 0.590. The van der Waals surface area contributed by atoms with Crippen LogP contribution >= 0.6 is 11.6 Å². The predicted molar refractivity (Wildman–Crippen MR) is 48.6 cm³/mol. The molecule has 0 saturated heterocycles. The fraction of sp³-hybridized carbons (Fsp3) is 0.111. The lowest BCUT2D eigenvalue weighted by atomic mass is 10.2. The van der Waals surface area contributed by atoms with Crippen molar-refractivity contribution in [3.8, 4) is 0 Å². The molecule has 0 aromatic heterocycles. The number of rotatable bonds is 1. The molecule has 0 unspecified atom stereocenters. The van der Waals surface area contributed by atoms with E-state index in [2.05, 4.69) is 13.2 Å². The number of hydrogen-bond donors (Lipinski definition) is 1. The van der Waals surface area contributed by atoms with E-state index in [-0.39, 0.29) is 6.61 Å². The van der Waals surface area contributed by atoms with Gasteiger partial charge in [-0.25, -0.2) is 0 Å². The third-order valence-corrected chi connectivity index (χ3v) is 1.35. The van der Waals surface area contributed by atoms with Crippen LogP contribution in [0.2, 0.25) is 5.02 Å². The summed E-state index contributed by atoms with van der Waals surface area (Å²) in [6.07, 6.45) is 0. The van der Waals surface area contributed by atoms with Gasteiger partial charge in [-0.1, -0.05) is 23.7 Å². The molecule has 60 valence electrons. The summed E-state index contributed by atoms with van der Waals surface area (Å²) in [6.45, 7) is 6.08. The quantitative estimate of drug-likeness (QED) is 0.643. The number of benzene rings is 1. The van der Waals surface area contributed by atoms with Crippen molar-refractivity contribution in [1.29, 1.82) is 0 Å². The van der Waals surface area contributed by atoms with E-state index in [9.17, 15) is 0 Å². The summed E-state index contributed by atoms with van der Waals surface area (Å²) in [5, 5.41) is 9.29. The van der Waals surface area contributed by atoms with Gasteiger partial charge in [0.25, 0.3) is 0 Å². The van der Waals surface area contributed by atoms with Crippen molar-refractivity contribution >= 4 is 11.6 Å². The molecule has 0 amide bonds. The van der Waals surface area contributed by atoms with Crippen LogP contribution in [0.1, 0.15) is 5.56 Å². The van der Waals surface area contributed by atoms with E-state index in [1.807, 2.05) is 0 Å². The molecule has 1 rings (SSSR count).